The van der Waals surface area contributed by atoms with Gasteiger partial charge in [-0.2, -0.15) is 0 Å². The van der Waals surface area contributed by atoms with E-state index >= 15 is 0 Å². The van der Waals surface area contributed by atoms with Gasteiger partial charge in [0.1, 0.15) is 6.04 Å². The van der Waals surface area contributed by atoms with Crippen LogP contribution in [-0.4, -0.2) is 34.0 Å². The molecule has 2 rings (SSSR count). The average Bonchev–Trinajstić information content (AvgIpc) is 2.57. The van der Waals surface area contributed by atoms with Crippen molar-refractivity contribution in [3.63, 3.8) is 0 Å². The van der Waals surface area contributed by atoms with Crippen molar-refractivity contribution in [3.05, 3.63) is 71.8 Å². The zero-order valence-electron chi connectivity index (χ0n) is 13.0. The summed E-state index contributed by atoms with van der Waals surface area (Å²) in [6, 6.07) is 17.3. The van der Waals surface area contributed by atoms with E-state index in [2.05, 4.69) is 0 Å². The van der Waals surface area contributed by atoms with E-state index in [-0.39, 0.29) is 6.42 Å². The van der Waals surface area contributed by atoms with Gasteiger partial charge in [0, 0.05) is 6.42 Å². The summed E-state index contributed by atoms with van der Waals surface area (Å²) in [7, 11) is 0. The first-order valence-corrected chi connectivity index (χ1v) is 7.22. The number of carboxylic acid groups (broad SMARTS) is 2. The Hall–Kier alpha value is -2.99. The predicted molar refractivity (Wildman–Crippen MR) is 88.5 cm³/mol. The molecule has 0 radical (unpaired) electrons. The molecule has 2 aromatic carbocycles. The number of carboxylic acids is 2. The summed E-state index contributed by atoms with van der Waals surface area (Å²) in [5.74, 6) is -3.11. The van der Waals surface area contributed by atoms with Crippen molar-refractivity contribution in [3.8, 4) is 0 Å². The van der Waals surface area contributed by atoms with Crippen LogP contribution in [0.4, 0.5) is 0 Å². The third-order valence-corrected chi connectivity index (χ3v) is 3.06. The van der Waals surface area contributed by atoms with Crippen molar-refractivity contribution >= 4 is 17.7 Å². The van der Waals surface area contributed by atoms with Crippen molar-refractivity contribution in [2.75, 3.05) is 0 Å². The fourth-order valence-electron chi connectivity index (χ4n) is 1.81. The van der Waals surface area contributed by atoms with Crippen LogP contribution in [0.2, 0.25) is 0 Å². The lowest BCUT2D eigenvalue weighted by atomic mass is 10.1. The van der Waals surface area contributed by atoms with Gasteiger partial charge in [-0.15, -0.1) is 0 Å². The number of nitrogens with two attached hydrogens (primary N) is 1. The molecule has 0 aliphatic heterocycles. The maximum Gasteiger partial charge on any atom is 0.372 e. The van der Waals surface area contributed by atoms with Gasteiger partial charge in [-0.25, -0.2) is 4.79 Å². The van der Waals surface area contributed by atoms with E-state index in [1.165, 1.54) is 0 Å². The smallest absolute Gasteiger partial charge is 0.372 e. The molecular weight excluding hydrogens is 310 g/mol. The molecule has 0 aliphatic carbocycles. The molecule has 0 spiro atoms. The minimum atomic E-state index is -1.38. The van der Waals surface area contributed by atoms with Crippen LogP contribution < -0.4 is 5.73 Å². The van der Waals surface area contributed by atoms with E-state index in [0.717, 1.165) is 11.1 Å². The minimum Gasteiger partial charge on any atom is -0.480 e. The molecule has 6 heteroatoms. The third kappa shape index (κ3) is 7.33. The number of carbonyl (C=O) groups excluding carboxylic acids is 1. The molecule has 126 valence electrons. The fourth-order valence-corrected chi connectivity index (χ4v) is 1.81. The van der Waals surface area contributed by atoms with Crippen LogP contribution in [0.25, 0.3) is 0 Å². The number of benzene rings is 2. The molecule has 6 nitrogen and oxygen atoms in total. The van der Waals surface area contributed by atoms with Crippen LogP contribution in [0.3, 0.4) is 0 Å². The Morgan fingerprint density at radius 3 is 1.71 bits per heavy atom. The lowest BCUT2D eigenvalue weighted by molar-refractivity contribution is -0.148. The normalized spacial score (nSPS) is 10.9. The van der Waals surface area contributed by atoms with Gasteiger partial charge in [0.05, 0.1) is 0 Å². The van der Waals surface area contributed by atoms with E-state index in [1.54, 1.807) is 24.3 Å². The van der Waals surface area contributed by atoms with E-state index in [1.807, 2.05) is 36.4 Å². The largest absolute Gasteiger partial charge is 0.480 e. The van der Waals surface area contributed by atoms with Gasteiger partial charge in [0.2, 0.25) is 5.78 Å². The highest BCUT2D eigenvalue weighted by molar-refractivity contribution is 6.33. The monoisotopic (exact) mass is 329 g/mol. The highest BCUT2D eigenvalue weighted by Crippen LogP contribution is 2.01. The summed E-state index contributed by atoms with van der Waals surface area (Å²) in [6.45, 7) is 0. The molecule has 0 bridgehead atoms. The molecule has 0 fully saturated rings. The number of aliphatic carboxylic acids is 2. The quantitative estimate of drug-likeness (QED) is 0.692. The molecule has 0 aromatic heterocycles. The summed E-state index contributed by atoms with van der Waals surface area (Å²) in [4.78, 5) is 31.2. The van der Waals surface area contributed by atoms with Gasteiger partial charge in [0.25, 0.3) is 0 Å². The van der Waals surface area contributed by atoms with Crippen molar-refractivity contribution in [2.24, 2.45) is 5.73 Å². The fraction of sp³-hybridized carbons (Fsp3) is 0.167. The van der Waals surface area contributed by atoms with Crippen LogP contribution >= 0.6 is 0 Å². The van der Waals surface area contributed by atoms with Crippen molar-refractivity contribution < 1.29 is 24.6 Å². The second-order valence-corrected chi connectivity index (χ2v) is 5.03. The van der Waals surface area contributed by atoms with Crippen molar-refractivity contribution in [1.29, 1.82) is 0 Å². The third-order valence-electron chi connectivity index (χ3n) is 3.06. The molecule has 0 saturated carbocycles. The van der Waals surface area contributed by atoms with Crippen LogP contribution in [0.1, 0.15) is 11.1 Å². The number of hydrogen-bond acceptors (Lipinski definition) is 4. The molecule has 0 aliphatic rings. The predicted octanol–water partition coefficient (Wildman–Crippen LogP) is 1.52. The van der Waals surface area contributed by atoms with E-state index < -0.39 is 23.8 Å². The first kappa shape index (κ1) is 19.1. The summed E-state index contributed by atoms with van der Waals surface area (Å²) in [6.07, 6.45) is 0.354. The Morgan fingerprint density at radius 2 is 1.29 bits per heavy atom. The van der Waals surface area contributed by atoms with E-state index in [0.29, 0.717) is 6.42 Å². The number of Topliss-reactive ketones (excluding diaryl/α,β-unsaturated/α-hetero) is 1. The highest BCUT2D eigenvalue weighted by atomic mass is 16.4. The second-order valence-electron chi connectivity index (χ2n) is 5.03. The number of hydrogen-bond donors (Lipinski definition) is 3. The molecule has 24 heavy (non-hydrogen) atoms. The lowest BCUT2D eigenvalue weighted by Gasteiger charge is -2.04. The molecule has 2 aromatic rings. The number of rotatable bonds is 6. The molecule has 0 amide bonds. The van der Waals surface area contributed by atoms with Gasteiger partial charge in [0.15, 0.2) is 0 Å². The van der Waals surface area contributed by atoms with E-state index in [9.17, 15) is 14.4 Å². The zero-order chi connectivity index (χ0) is 17.9. The molecule has 0 heterocycles. The van der Waals surface area contributed by atoms with Gasteiger partial charge >= 0.3 is 11.9 Å². The summed E-state index contributed by atoms with van der Waals surface area (Å²) in [5.41, 5.74) is 7.03. The maximum absolute atomic E-state index is 10.7. The maximum atomic E-state index is 10.7. The Balaban J connectivity index is 0.000000240. The zero-order valence-corrected chi connectivity index (χ0v) is 13.0. The van der Waals surface area contributed by atoms with Gasteiger partial charge < -0.3 is 15.9 Å². The second kappa shape index (κ2) is 9.91. The molecule has 1 unspecified atom stereocenters. The molecule has 0 saturated heterocycles. The van der Waals surface area contributed by atoms with E-state index in [4.69, 9.17) is 15.9 Å². The Bertz CT molecular complexity index is 670. The van der Waals surface area contributed by atoms with Crippen LogP contribution in [-0.2, 0) is 27.2 Å². The standard InChI is InChI=1S/C9H11NO2.C9H8O3/c2*10-8(9(11)12)6-7-4-2-1-3-5-7/h1-5,8H,6,10H2,(H,11,12);1-5H,6H2,(H,11,12). The number of carbonyl (C=O) groups is 3. The Kier molecular flexibility index (Phi) is 7.87. The van der Waals surface area contributed by atoms with Crippen molar-refractivity contribution in [2.45, 2.75) is 18.9 Å². The first-order chi connectivity index (χ1) is 11.4. The summed E-state index contributed by atoms with van der Waals surface area (Å²) >= 11 is 0. The molecule has 1 atom stereocenters. The van der Waals surface area contributed by atoms with Crippen LogP contribution in [0.5, 0.6) is 0 Å². The van der Waals surface area contributed by atoms with Gasteiger partial charge in [-0.1, -0.05) is 60.7 Å². The lowest BCUT2D eigenvalue weighted by Crippen LogP contribution is -2.32. The number of ketones is 1. The van der Waals surface area contributed by atoms with Gasteiger partial charge in [-0.05, 0) is 17.5 Å². The average molecular weight is 329 g/mol. The first-order valence-electron chi connectivity index (χ1n) is 7.22. The Labute approximate surface area is 139 Å². The Morgan fingerprint density at radius 1 is 0.833 bits per heavy atom. The van der Waals surface area contributed by atoms with Crippen LogP contribution in [0, 0.1) is 0 Å². The minimum absolute atomic E-state index is 0.0316. The van der Waals surface area contributed by atoms with Crippen LogP contribution in [0.15, 0.2) is 60.7 Å². The molecular formula is C18H19NO5. The van der Waals surface area contributed by atoms with Crippen molar-refractivity contribution in [1.82, 2.24) is 0 Å². The van der Waals surface area contributed by atoms with Gasteiger partial charge in [-0.3, -0.25) is 9.59 Å². The topological polar surface area (TPSA) is 118 Å². The SMILES string of the molecule is NC(Cc1ccccc1)C(=O)O.O=C(O)C(=O)Cc1ccccc1. The summed E-state index contributed by atoms with van der Waals surface area (Å²) in [5, 5.41) is 16.8. The molecule has 4 N–H and O–H groups in total. The summed E-state index contributed by atoms with van der Waals surface area (Å²) < 4.78 is 0. The highest BCUT2D eigenvalue weighted by Gasteiger charge is 2.11.